The van der Waals surface area contributed by atoms with Crippen molar-refractivity contribution in [1.82, 2.24) is 0 Å². The van der Waals surface area contributed by atoms with Gasteiger partial charge < -0.3 is 5.73 Å². The molecule has 0 aromatic carbocycles. The van der Waals surface area contributed by atoms with Gasteiger partial charge in [0.1, 0.15) is 5.54 Å². The van der Waals surface area contributed by atoms with E-state index >= 15 is 0 Å². The Labute approximate surface area is 55.7 Å². The van der Waals surface area contributed by atoms with Crippen LogP contribution in [0.2, 0.25) is 0 Å². The fraction of sp³-hybridized carbons (Fsp3) is 0.857. The van der Waals surface area contributed by atoms with Crippen molar-refractivity contribution >= 4 is 0 Å². The minimum atomic E-state index is -0.435. The van der Waals surface area contributed by atoms with Crippen molar-refractivity contribution in [3.05, 3.63) is 0 Å². The van der Waals surface area contributed by atoms with Crippen molar-refractivity contribution in [2.45, 2.75) is 31.7 Å². The van der Waals surface area contributed by atoms with E-state index in [1.807, 2.05) is 0 Å². The molecule has 2 heteroatoms. The van der Waals surface area contributed by atoms with Crippen LogP contribution in [0.3, 0.4) is 0 Å². The molecule has 50 valence electrons. The van der Waals surface area contributed by atoms with Crippen LogP contribution in [-0.2, 0) is 0 Å². The second-order valence-corrected chi connectivity index (χ2v) is 2.84. The van der Waals surface area contributed by atoms with Gasteiger partial charge in [-0.1, -0.05) is 13.3 Å². The molecule has 2 N–H and O–H groups in total. The van der Waals surface area contributed by atoms with Crippen molar-refractivity contribution < 1.29 is 0 Å². The highest BCUT2D eigenvalue weighted by Crippen LogP contribution is 2.43. The van der Waals surface area contributed by atoms with E-state index in [1.165, 1.54) is 0 Å². The molecule has 0 amide bonds. The van der Waals surface area contributed by atoms with Crippen LogP contribution < -0.4 is 5.73 Å². The summed E-state index contributed by atoms with van der Waals surface area (Å²) < 4.78 is 0. The Hall–Kier alpha value is -0.550. The summed E-state index contributed by atoms with van der Waals surface area (Å²) in [6.45, 7) is 2.12. The molecule has 9 heavy (non-hydrogen) atoms. The van der Waals surface area contributed by atoms with Crippen LogP contribution in [0, 0.1) is 17.2 Å². The van der Waals surface area contributed by atoms with Gasteiger partial charge in [-0.2, -0.15) is 5.26 Å². The van der Waals surface area contributed by atoms with Crippen molar-refractivity contribution in [1.29, 1.82) is 5.26 Å². The van der Waals surface area contributed by atoms with Crippen LogP contribution in [0.4, 0.5) is 0 Å². The molecule has 2 unspecified atom stereocenters. The first-order valence-corrected chi connectivity index (χ1v) is 3.43. The predicted octanol–water partition coefficient (Wildman–Crippen LogP) is 1.03. The maximum absolute atomic E-state index is 8.49. The largest absolute Gasteiger partial charge is 0.313 e. The number of hydrogen-bond acceptors (Lipinski definition) is 2. The molecule has 2 atom stereocenters. The monoisotopic (exact) mass is 124 g/mol. The molecule has 0 aliphatic heterocycles. The molecule has 0 spiro atoms. The molecule has 0 bridgehead atoms. The van der Waals surface area contributed by atoms with Crippen LogP contribution in [0.25, 0.3) is 0 Å². The van der Waals surface area contributed by atoms with Gasteiger partial charge in [0.05, 0.1) is 6.07 Å². The lowest BCUT2D eigenvalue weighted by Crippen LogP contribution is -2.21. The SMILES string of the molecule is CCCC1CC1(N)C#N. The molecular weight excluding hydrogens is 112 g/mol. The van der Waals surface area contributed by atoms with E-state index in [1.54, 1.807) is 0 Å². The van der Waals surface area contributed by atoms with Crippen LogP contribution in [0.5, 0.6) is 0 Å². The summed E-state index contributed by atoms with van der Waals surface area (Å²) in [6, 6.07) is 2.13. The number of rotatable bonds is 2. The van der Waals surface area contributed by atoms with Crippen LogP contribution in [-0.4, -0.2) is 5.54 Å². The topological polar surface area (TPSA) is 49.8 Å². The molecule has 1 aliphatic rings. The highest BCUT2D eigenvalue weighted by atomic mass is 14.8. The maximum Gasteiger partial charge on any atom is 0.107 e. The Balaban J connectivity index is 2.32. The number of nitrogens with zero attached hydrogens (tertiary/aromatic N) is 1. The summed E-state index contributed by atoms with van der Waals surface area (Å²) in [7, 11) is 0. The maximum atomic E-state index is 8.49. The van der Waals surface area contributed by atoms with Crippen molar-refractivity contribution in [2.75, 3.05) is 0 Å². The second kappa shape index (κ2) is 2.00. The Morgan fingerprint density at radius 3 is 2.89 bits per heavy atom. The summed E-state index contributed by atoms with van der Waals surface area (Å²) in [4.78, 5) is 0. The lowest BCUT2D eigenvalue weighted by molar-refractivity contribution is 0.640. The van der Waals surface area contributed by atoms with Gasteiger partial charge in [0.2, 0.25) is 0 Å². The molecule has 2 nitrogen and oxygen atoms in total. The first kappa shape index (κ1) is 6.57. The van der Waals surface area contributed by atoms with Gasteiger partial charge in [-0.3, -0.25) is 0 Å². The van der Waals surface area contributed by atoms with E-state index in [2.05, 4.69) is 13.0 Å². The van der Waals surface area contributed by atoms with Gasteiger partial charge in [-0.15, -0.1) is 0 Å². The average Bonchev–Trinajstić information content (AvgIpc) is 2.46. The Bertz CT molecular complexity index is 147. The summed E-state index contributed by atoms with van der Waals surface area (Å²) in [6.07, 6.45) is 3.17. The molecular formula is C7H12N2. The third-order valence-corrected chi connectivity index (χ3v) is 2.00. The van der Waals surface area contributed by atoms with Gasteiger partial charge >= 0.3 is 0 Å². The highest BCUT2D eigenvalue weighted by Gasteiger charge is 2.50. The molecule has 1 rings (SSSR count). The zero-order valence-corrected chi connectivity index (χ0v) is 5.72. The van der Waals surface area contributed by atoms with Gasteiger partial charge in [0.25, 0.3) is 0 Å². The van der Waals surface area contributed by atoms with Crippen LogP contribution >= 0.6 is 0 Å². The Morgan fingerprint density at radius 2 is 2.56 bits per heavy atom. The fourth-order valence-corrected chi connectivity index (χ4v) is 1.19. The van der Waals surface area contributed by atoms with E-state index in [0.717, 1.165) is 19.3 Å². The number of nitriles is 1. The minimum Gasteiger partial charge on any atom is -0.313 e. The molecule has 1 saturated carbocycles. The zero-order chi connectivity index (χ0) is 6.91. The molecule has 0 radical (unpaired) electrons. The first-order chi connectivity index (χ1) is 4.23. The zero-order valence-electron chi connectivity index (χ0n) is 5.72. The fourth-order valence-electron chi connectivity index (χ4n) is 1.19. The Kier molecular flexibility index (Phi) is 1.46. The van der Waals surface area contributed by atoms with Crippen molar-refractivity contribution in [3.8, 4) is 6.07 Å². The number of nitrogens with two attached hydrogens (primary N) is 1. The quantitative estimate of drug-likeness (QED) is 0.597. The standard InChI is InChI=1S/C7H12N2/c1-2-3-6-4-7(6,9)5-8/h6H,2-4,9H2,1H3. The lowest BCUT2D eigenvalue weighted by Gasteiger charge is -1.96. The molecule has 0 aromatic rings. The summed E-state index contributed by atoms with van der Waals surface area (Å²) in [5, 5.41) is 8.49. The molecule has 0 saturated heterocycles. The lowest BCUT2D eigenvalue weighted by atomic mass is 10.1. The van der Waals surface area contributed by atoms with Gasteiger partial charge in [0.15, 0.2) is 0 Å². The number of hydrogen-bond donors (Lipinski definition) is 1. The van der Waals surface area contributed by atoms with E-state index in [9.17, 15) is 0 Å². The molecule has 0 aromatic heterocycles. The van der Waals surface area contributed by atoms with Gasteiger partial charge in [0, 0.05) is 0 Å². The third-order valence-electron chi connectivity index (χ3n) is 2.00. The van der Waals surface area contributed by atoms with Gasteiger partial charge in [-0.25, -0.2) is 0 Å². The molecule has 1 aliphatic carbocycles. The van der Waals surface area contributed by atoms with E-state index in [0.29, 0.717) is 5.92 Å². The van der Waals surface area contributed by atoms with Crippen molar-refractivity contribution in [3.63, 3.8) is 0 Å². The molecule has 0 heterocycles. The summed E-state index contributed by atoms with van der Waals surface area (Å²) in [5.41, 5.74) is 5.18. The second-order valence-electron chi connectivity index (χ2n) is 2.84. The summed E-state index contributed by atoms with van der Waals surface area (Å²) >= 11 is 0. The predicted molar refractivity (Wildman–Crippen MR) is 35.5 cm³/mol. The first-order valence-electron chi connectivity index (χ1n) is 3.43. The van der Waals surface area contributed by atoms with E-state index < -0.39 is 5.54 Å². The average molecular weight is 124 g/mol. The third kappa shape index (κ3) is 1.06. The van der Waals surface area contributed by atoms with E-state index in [4.69, 9.17) is 11.0 Å². The highest BCUT2D eigenvalue weighted by molar-refractivity contribution is 5.21. The van der Waals surface area contributed by atoms with Gasteiger partial charge in [-0.05, 0) is 18.8 Å². The van der Waals surface area contributed by atoms with Crippen molar-refractivity contribution in [2.24, 2.45) is 11.7 Å². The smallest absolute Gasteiger partial charge is 0.107 e. The van der Waals surface area contributed by atoms with E-state index in [-0.39, 0.29) is 0 Å². The molecule has 1 fully saturated rings. The Morgan fingerprint density at radius 1 is 1.89 bits per heavy atom. The minimum absolute atomic E-state index is 0.435. The van der Waals surface area contributed by atoms with Crippen LogP contribution in [0.1, 0.15) is 26.2 Å². The normalized spacial score (nSPS) is 39.9. The van der Waals surface area contributed by atoms with Crippen LogP contribution in [0.15, 0.2) is 0 Å². The summed E-state index contributed by atoms with van der Waals surface area (Å²) in [5.74, 6) is 0.493.